The summed E-state index contributed by atoms with van der Waals surface area (Å²) in [5.41, 5.74) is 2.23. The second-order valence-corrected chi connectivity index (χ2v) is 5.74. The van der Waals surface area contributed by atoms with Gasteiger partial charge in [0, 0.05) is 19.4 Å². The number of anilines is 1. The van der Waals surface area contributed by atoms with Crippen molar-refractivity contribution in [1.29, 1.82) is 0 Å². The van der Waals surface area contributed by atoms with Crippen molar-refractivity contribution in [3.05, 3.63) is 42.2 Å². The molecule has 0 saturated carbocycles. The minimum absolute atomic E-state index is 0.273. The Morgan fingerprint density at radius 2 is 2.05 bits per heavy atom. The zero-order valence-corrected chi connectivity index (χ0v) is 12.3. The maximum absolute atomic E-state index is 5.83. The lowest BCUT2D eigenvalue weighted by molar-refractivity contribution is 0.292. The molecule has 20 heavy (non-hydrogen) atoms. The van der Waals surface area contributed by atoms with Crippen LogP contribution in [-0.2, 0) is 4.74 Å². The Hall–Kier alpha value is -1.97. The van der Waals surface area contributed by atoms with E-state index in [0.717, 1.165) is 23.8 Å². The Morgan fingerprint density at radius 1 is 1.25 bits per heavy atom. The van der Waals surface area contributed by atoms with Gasteiger partial charge in [-0.05, 0) is 18.1 Å². The zero-order chi connectivity index (χ0) is 14.1. The lowest BCUT2D eigenvalue weighted by atomic mass is 10.1. The van der Waals surface area contributed by atoms with E-state index in [9.17, 15) is 0 Å². The second-order valence-electron chi connectivity index (χ2n) is 5.74. The first-order valence-electron chi connectivity index (χ1n) is 7.10. The van der Waals surface area contributed by atoms with E-state index in [4.69, 9.17) is 9.73 Å². The van der Waals surface area contributed by atoms with Gasteiger partial charge in [0.1, 0.15) is 6.61 Å². The molecule has 0 radical (unpaired) electrons. The number of hydrogen-bond acceptors (Lipinski definition) is 4. The highest BCUT2D eigenvalue weighted by Crippen LogP contribution is 2.27. The van der Waals surface area contributed by atoms with Crippen LogP contribution in [0.2, 0.25) is 0 Å². The molecule has 0 amide bonds. The fourth-order valence-corrected chi connectivity index (χ4v) is 2.47. The standard InChI is InChI=1S/C16H21N3O/c1-12(2)14-10-20-16(17-14)13-6-4-5-7-15(13)19-9-8-18(3)11-19/h4-9,12,14H,10-11H2,1-3H3/t14-/m1/s1. The van der Waals surface area contributed by atoms with Gasteiger partial charge >= 0.3 is 0 Å². The van der Waals surface area contributed by atoms with Crippen LogP contribution in [0.5, 0.6) is 0 Å². The lowest BCUT2D eigenvalue weighted by Gasteiger charge is -2.21. The monoisotopic (exact) mass is 271 g/mol. The fraction of sp³-hybridized carbons (Fsp3) is 0.438. The van der Waals surface area contributed by atoms with Crippen LogP contribution in [0.15, 0.2) is 41.7 Å². The Labute approximate surface area is 120 Å². The molecular formula is C16H21N3O. The van der Waals surface area contributed by atoms with E-state index < -0.39 is 0 Å². The summed E-state index contributed by atoms with van der Waals surface area (Å²) < 4.78 is 5.83. The van der Waals surface area contributed by atoms with Crippen LogP contribution in [0.3, 0.4) is 0 Å². The van der Waals surface area contributed by atoms with Crippen LogP contribution in [0.1, 0.15) is 19.4 Å². The largest absolute Gasteiger partial charge is 0.475 e. The molecule has 2 heterocycles. The first-order valence-corrected chi connectivity index (χ1v) is 7.10. The van der Waals surface area contributed by atoms with Crippen molar-refractivity contribution in [1.82, 2.24) is 4.90 Å². The van der Waals surface area contributed by atoms with Gasteiger partial charge in [-0.1, -0.05) is 26.0 Å². The number of ether oxygens (including phenoxy) is 1. The summed E-state index contributed by atoms with van der Waals surface area (Å²) in [6, 6.07) is 8.57. The number of nitrogens with zero attached hydrogens (tertiary/aromatic N) is 3. The van der Waals surface area contributed by atoms with Gasteiger partial charge in [-0.3, -0.25) is 0 Å². The number of rotatable bonds is 3. The molecule has 0 unspecified atom stereocenters. The zero-order valence-electron chi connectivity index (χ0n) is 12.3. The molecule has 0 bridgehead atoms. The van der Waals surface area contributed by atoms with Crippen LogP contribution < -0.4 is 4.90 Å². The predicted molar refractivity (Wildman–Crippen MR) is 81.8 cm³/mol. The molecule has 1 aromatic carbocycles. The van der Waals surface area contributed by atoms with E-state index >= 15 is 0 Å². The van der Waals surface area contributed by atoms with Gasteiger partial charge in [0.25, 0.3) is 0 Å². The van der Waals surface area contributed by atoms with Gasteiger partial charge in [-0.2, -0.15) is 0 Å². The van der Waals surface area contributed by atoms with Gasteiger partial charge in [0.15, 0.2) is 0 Å². The highest BCUT2D eigenvalue weighted by Gasteiger charge is 2.25. The molecule has 0 aliphatic carbocycles. The van der Waals surface area contributed by atoms with E-state index in [-0.39, 0.29) is 6.04 Å². The topological polar surface area (TPSA) is 28.1 Å². The lowest BCUT2D eigenvalue weighted by Crippen LogP contribution is -2.23. The number of aliphatic imine (C=N–C) groups is 1. The molecule has 2 aliphatic rings. The Kier molecular flexibility index (Phi) is 3.38. The highest BCUT2D eigenvalue weighted by atomic mass is 16.5. The minimum atomic E-state index is 0.273. The van der Waals surface area contributed by atoms with E-state index in [2.05, 4.69) is 61.3 Å². The average molecular weight is 271 g/mol. The molecule has 0 fully saturated rings. The molecule has 106 valence electrons. The van der Waals surface area contributed by atoms with Gasteiger partial charge in [0.2, 0.25) is 5.90 Å². The number of para-hydroxylation sites is 1. The quantitative estimate of drug-likeness (QED) is 0.846. The Balaban J connectivity index is 1.91. The predicted octanol–water partition coefficient (Wildman–Crippen LogP) is 2.67. The van der Waals surface area contributed by atoms with Crippen molar-refractivity contribution in [2.45, 2.75) is 19.9 Å². The SMILES string of the molecule is CC(C)[C@H]1COC(c2ccccc2N2C=CN(C)C2)=N1. The first kappa shape index (κ1) is 13.0. The summed E-state index contributed by atoms with van der Waals surface area (Å²) in [4.78, 5) is 9.10. The molecule has 3 rings (SSSR count). The minimum Gasteiger partial charge on any atom is -0.475 e. The van der Waals surface area contributed by atoms with Gasteiger partial charge in [-0.25, -0.2) is 4.99 Å². The number of benzene rings is 1. The maximum Gasteiger partial charge on any atom is 0.218 e. The van der Waals surface area contributed by atoms with Gasteiger partial charge in [-0.15, -0.1) is 0 Å². The second kappa shape index (κ2) is 5.19. The molecule has 0 saturated heterocycles. The molecule has 0 aromatic heterocycles. The highest BCUT2D eigenvalue weighted by molar-refractivity contribution is 6.00. The molecular weight excluding hydrogens is 250 g/mol. The van der Waals surface area contributed by atoms with Crippen molar-refractivity contribution in [3.8, 4) is 0 Å². The summed E-state index contributed by atoms with van der Waals surface area (Å²) in [6.07, 6.45) is 4.17. The van der Waals surface area contributed by atoms with Crippen molar-refractivity contribution >= 4 is 11.6 Å². The molecule has 1 aromatic rings. The average Bonchev–Trinajstić information content (AvgIpc) is 3.07. The molecule has 4 nitrogen and oxygen atoms in total. The fourth-order valence-electron chi connectivity index (χ4n) is 2.47. The van der Waals surface area contributed by atoms with E-state index in [0.29, 0.717) is 12.5 Å². The van der Waals surface area contributed by atoms with Crippen LogP contribution in [0.25, 0.3) is 0 Å². The van der Waals surface area contributed by atoms with Crippen molar-refractivity contribution in [2.24, 2.45) is 10.9 Å². The van der Waals surface area contributed by atoms with Crippen molar-refractivity contribution in [3.63, 3.8) is 0 Å². The number of hydrogen-bond donors (Lipinski definition) is 0. The van der Waals surface area contributed by atoms with Crippen LogP contribution in [0, 0.1) is 5.92 Å². The molecule has 0 spiro atoms. The van der Waals surface area contributed by atoms with Crippen LogP contribution >= 0.6 is 0 Å². The third kappa shape index (κ3) is 2.38. The summed E-state index contributed by atoms with van der Waals surface area (Å²) in [7, 11) is 2.07. The summed E-state index contributed by atoms with van der Waals surface area (Å²) in [5.74, 6) is 1.29. The first-order chi connectivity index (χ1) is 9.65. The normalized spacial score (nSPS) is 21.6. The molecule has 4 heteroatoms. The van der Waals surface area contributed by atoms with E-state index in [1.807, 2.05) is 6.07 Å². The van der Waals surface area contributed by atoms with Gasteiger partial charge < -0.3 is 14.5 Å². The molecule has 1 atom stereocenters. The summed E-state index contributed by atoms with van der Waals surface area (Å²) >= 11 is 0. The summed E-state index contributed by atoms with van der Waals surface area (Å²) in [6.45, 7) is 5.92. The third-order valence-corrected chi connectivity index (χ3v) is 3.76. The third-order valence-electron chi connectivity index (χ3n) is 3.76. The molecule has 2 aliphatic heterocycles. The molecule has 0 N–H and O–H groups in total. The van der Waals surface area contributed by atoms with Crippen LogP contribution in [-0.4, -0.2) is 37.2 Å². The Bertz CT molecular complexity index is 550. The van der Waals surface area contributed by atoms with Crippen molar-refractivity contribution in [2.75, 3.05) is 25.2 Å². The smallest absolute Gasteiger partial charge is 0.218 e. The van der Waals surface area contributed by atoms with E-state index in [1.165, 1.54) is 0 Å². The Morgan fingerprint density at radius 3 is 2.70 bits per heavy atom. The van der Waals surface area contributed by atoms with E-state index in [1.54, 1.807) is 0 Å². The van der Waals surface area contributed by atoms with Gasteiger partial charge in [0.05, 0.1) is 24.0 Å². The van der Waals surface area contributed by atoms with Crippen molar-refractivity contribution < 1.29 is 4.74 Å². The maximum atomic E-state index is 5.83. The summed E-state index contributed by atoms with van der Waals surface area (Å²) in [5, 5.41) is 0. The van der Waals surface area contributed by atoms with Crippen LogP contribution in [0.4, 0.5) is 5.69 Å².